The van der Waals surface area contributed by atoms with Crippen molar-refractivity contribution in [3.63, 3.8) is 0 Å². The second-order valence-corrected chi connectivity index (χ2v) is 7.88. The van der Waals surface area contributed by atoms with Crippen LogP contribution in [0, 0.1) is 11.8 Å². The maximum absolute atomic E-state index is 12.5. The Bertz CT molecular complexity index is 617. The number of fused-ring (bicyclic) bond motifs is 2. The molecule has 0 radical (unpaired) electrons. The summed E-state index contributed by atoms with van der Waals surface area (Å²) in [4.78, 5) is 24.9. The van der Waals surface area contributed by atoms with Crippen LogP contribution in [0.15, 0.2) is 24.3 Å². The van der Waals surface area contributed by atoms with E-state index < -0.39 is 0 Å². The molecule has 2 atom stereocenters. The minimum Gasteiger partial charge on any atom is -0.352 e. The number of hydrogen-bond acceptors (Lipinski definition) is 3. The standard InChI is InChI=1S/C20H29N3O2/c1-13(2)12-21-20(25)17-5-3-4-6-18(17)23-19(24)11-14-9-15-7-8-16(10-14)22-15/h3-6,13-16,22H,7-12H2,1-2H3,(H,21,25)(H,23,24). The molecule has 1 aromatic carbocycles. The van der Waals surface area contributed by atoms with Gasteiger partial charge in [0, 0.05) is 25.0 Å². The lowest BCUT2D eigenvalue weighted by Gasteiger charge is -2.28. The van der Waals surface area contributed by atoms with Crippen molar-refractivity contribution < 1.29 is 9.59 Å². The minimum atomic E-state index is -0.135. The van der Waals surface area contributed by atoms with E-state index in [0.29, 0.717) is 48.1 Å². The van der Waals surface area contributed by atoms with Crippen LogP contribution in [-0.4, -0.2) is 30.4 Å². The van der Waals surface area contributed by atoms with Crippen LogP contribution in [0.25, 0.3) is 0 Å². The van der Waals surface area contributed by atoms with Gasteiger partial charge in [-0.05, 0) is 49.7 Å². The first-order valence-electron chi connectivity index (χ1n) is 9.44. The molecule has 5 nitrogen and oxygen atoms in total. The van der Waals surface area contributed by atoms with Gasteiger partial charge in [-0.1, -0.05) is 26.0 Å². The smallest absolute Gasteiger partial charge is 0.253 e. The Morgan fingerprint density at radius 2 is 1.84 bits per heavy atom. The maximum atomic E-state index is 12.5. The van der Waals surface area contributed by atoms with Gasteiger partial charge in [0.2, 0.25) is 5.91 Å². The van der Waals surface area contributed by atoms with Crippen molar-refractivity contribution in [3.8, 4) is 0 Å². The molecule has 5 heteroatoms. The summed E-state index contributed by atoms with van der Waals surface area (Å²) in [6, 6.07) is 8.41. The number of benzene rings is 1. The van der Waals surface area contributed by atoms with E-state index in [9.17, 15) is 9.59 Å². The summed E-state index contributed by atoms with van der Waals surface area (Å²) < 4.78 is 0. The molecule has 2 unspecified atom stereocenters. The summed E-state index contributed by atoms with van der Waals surface area (Å²) >= 11 is 0. The van der Waals surface area contributed by atoms with Crippen LogP contribution in [0.5, 0.6) is 0 Å². The van der Waals surface area contributed by atoms with E-state index in [0.717, 1.165) is 12.8 Å². The van der Waals surface area contributed by atoms with E-state index in [4.69, 9.17) is 0 Å². The number of carbonyl (C=O) groups excluding carboxylic acids is 2. The molecule has 2 bridgehead atoms. The monoisotopic (exact) mass is 343 g/mol. The fraction of sp³-hybridized carbons (Fsp3) is 0.600. The van der Waals surface area contributed by atoms with E-state index >= 15 is 0 Å². The zero-order chi connectivity index (χ0) is 17.8. The van der Waals surface area contributed by atoms with Crippen molar-refractivity contribution in [2.75, 3.05) is 11.9 Å². The first-order valence-corrected chi connectivity index (χ1v) is 9.44. The lowest BCUT2D eigenvalue weighted by atomic mass is 9.89. The van der Waals surface area contributed by atoms with Crippen LogP contribution in [-0.2, 0) is 4.79 Å². The van der Waals surface area contributed by atoms with Gasteiger partial charge in [0.15, 0.2) is 0 Å². The maximum Gasteiger partial charge on any atom is 0.253 e. The van der Waals surface area contributed by atoms with Crippen molar-refractivity contribution in [3.05, 3.63) is 29.8 Å². The van der Waals surface area contributed by atoms with Crippen molar-refractivity contribution >= 4 is 17.5 Å². The van der Waals surface area contributed by atoms with Gasteiger partial charge >= 0.3 is 0 Å². The zero-order valence-corrected chi connectivity index (χ0v) is 15.2. The molecule has 3 N–H and O–H groups in total. The van der Waals surface area contributed by atoms with Crippen molar-refractivity contribution in [2.45, 2.75) is 58.0 Å². The number of piperidine rings is 1. The zero-order valence-electron chi connectivity index (χ0n) is 15.2. The number of anilines is 1. The van der Waals surface area contributed by atoms with Crippen LogP contribution >= 0.6 is 0 Å². The minimum absolute atomic E-state index is 0.00964. The molecule has 0 aromatic heterocycles. The van der Waals surface area contributed by atoms with Gasteiger partial charge in [-0.25, -0.2) is 0 Å². The molecule has 0 spiro atoms. The number of carbonyl (C=O) groups is 2. The van der Waals surface area contributed by atoms with Crippen LogP contribution < -0.4 is 16.0 Å². The first-order chi connectivity index (χ1) is 12.0. The number of nitrogens with one attached hydrogen (secondary N) is 3. The number of hydrogen-bond donors (Lipinski definition) is 3. The number of amides is 2. The Morgan fingerprint density at radius 3 is 2.52 bits per heavy atom. The van der Waals surface area contributed by atoms with Gasteiger partial charge in [-0.3, -0.25) is 9.59 Å². The third kappa shape index (κ3) is 4.82. The molecule has 25 heavy (non-hydrogen) atoms. The highest BCUT2D eigenvalue weighted by Crippen LogP contribution is 2.32. The van der Waals surface area contributed by atoms with Gasteiger partial charge in [0.25, 0.3) is 5.91 Å². The molecule has 0 saturated carbocycles. The Labute approximate surface area is 150 Å². The molecule has 2 saturated heterocycles. The molecule has 2 heterocycles. The third-order valence-corrected chi connectivity index (χ3v) is 5.16. The molecule has 2 fully saturated rings. The molecule has 0 aliphatic carbocycles. The average Bonchev–Trinajstić information content (AvgIpc) is 2.91. The van der Waals surface area contributed by atoms with Gasteiger partial charge in [0.1, 0.15) is 0 Å². The topological polar surface area (TPSA) is 70.2 Å². The highest BCUT2D eigenvalue weighted by atomic mass is 16.2. The molecule has 1 aromatic rings. The fourth-order valence-corrected chi connectivity index (χ4v) is 3.99. The lowest BCUT2D eigenvalue weighted by molar-refractivity contribution is -0.117. The van der Waals surface area contributed by atoms with Gasteiger partial charge in [-0.15, -0.1) is 0 Å². The van der Waals surface area contributed by atoms with Crippen LogP contribution in [0.1, 0.15) is 56.3 Å². The molecule has 2 amide bonds. The molecule has 2 aliphatic rings. The van der Waals surface area contributed by atoms with Crippen molar-refractivity contribution in [1.82, 2.24) is 10.6 Å². The quantitative estimate of drug-likeness (QED) is 0.744. The van der Waals surface area contributed by atoms with Crippen molar-refractivity contribution in [1.29, 1.82) is 0 Å². The van der Waals surface area contributed by atoms with Crippen LogP contribution in [0.2, 0.25) is 0 Å². The van der Waals surface area contributed by atoms with E-state index in [-0.39, 0.29) is 11.8 Å². The third-order valence-electron chi connectivity index (χ3n) is 5.16. The summed E-state index contributed by atoms with van der Waals surface area (Å²) in [7, 11) is 0. The second-order valence-electron chi connectivity index (χ2n) is 7.88. The molecule has 3 rings (SSSR count). The summed E-state index contributed by atoms with van der Waals surface area (Å²) in [6.07, 6.45) is 5.18. The summed E-state index contributed by atoms with van der Waals surface area (Å²) in [5, 5.41) is 9.48. The summed E-state index contributed by atoms with van der Waals surface area (Å²) in [5.74, 6) is 0.710. The highest BCUT2D eigenvalue weighted by Gasteiger charge is 2.34. The summed E-state index contributed by atoms with van der Waals surface area (Å²) in [5.41, 5.74) is 1.13. The van der Waals surface area contributed by atoms with E-state index in [2.05, 4.69) is 29.8 Å². The Kier molecular flexibility index (Phi) is 5.74. The molecule has 2 aliphatic heterocycles. The largest absolute Gasteiger partial charge is 0.352 e. The Balaban J connectivity index is 1.58. The molecule has 136 valence electrons. The van der Waals surface area contributed by atoms with E-state index in [1.165, 1.54) is 12.8 Å². The predicted octanol–water partition coefficient (Wildman–Crippen LogP) is 2.93. The Hall–Kier alpha value is -1.88. The Morgan fingerprint density at radius 1 is 1.16 bits per heavy atom. The molecular formula is C20H29N3O2. The molecular weight excluding hydrogens is 314 g/mol. The average molecular weight is 343 g/mol. The van der Waals surface area contributed by atoms with Crippen LogP contribution in [0.3, 0.4) is 0 Å². The number of rotatable bonds is 6. The van der Waals surface area contributed by atoms with Gasteiger partial charge in [0.05, 0.1) is 11.3 Å². The second kappa shape index (κ2) is 8.00. The number of para-hydroxylation sites is 1. The SMILES string of the molecule is CC(C)CNC(=O)c1ccccc1NC(=O)CC1CC2CCC(C1)N2. The highest BCUT2D eigenvalue weighted by molar-refractivity contribution is 6.03. The normalized spacial score (nSPS) is 25.0. The van der Waals surface area contributed by atoms with Crippen LogP contribution in [0.4, 0.5) is 5.69 Å². The predicted molar refractivity (Wildman–Crippen MR) is 99.5 cm³/mol. The van der Waals surface area contributed by atoms with E-state index in [1.54, 1.807) is 12.1 Å². The summed E-state index contributed by atoms with van der Waals surface area (Å²) in [6.45, 7) is 4.74. The van der Waals surface area contributed by atoms with Gasteiger partial charge in [-0.2, -0.15) is 0 Å². The fourth-order valence-electron chi connectivity index (χ4n) is 3.99. The van der Waals surface area contributed by atoms with E-state index in [1.807, 2.05) is 12.1 Å². The van der Waals surface area contributed by atoms with Crippen molar-refractivity contribution in [2.24, 2.45) is 11.8 Å². The lowest BCUT2D eigenvalue weighted by Crippen LogP contribution is -2.39. The first kappa shape index (κ1) is 17.9. The van der Waals surface area contributed by atoms with Gasteiger partial charge < -0.3 is 16.0 Å².